The summed E-state index contributed by atoms with van der Waals surface area (Å²) in [7, 11) is 0. The summed E-state index contributed by atoms with van der Waals surface area (Å²) < 4.78 is 5.50. The molecule has 12 heteroatoms. The minimum atomic E-state index is -1.09. The first kappa shape index (κ1) is 39.6. The van der Waals surface area contributed by atoms with Gasteiger partial charge in [0.2, 0.25) is 17.7 Å². The number of rotatable bonds is 18. The zero-order valence-corrected chi connectivity index (χ0v) is 31.4. The standard InChI is InChI=1S/C42H48N6O5S/c1-28(2)20-35(38(54)23-39(49)44-24-29-12-5-3-6-13-29)46-41(51)37(22-33-25-43-27-45-33)47-40(50)36(48-42(52)53-26-30-14-7-4-8-15-30)21-32-18-11-17-31-16-9-10-19-34(31)32/h3-19,25,27-28,35-38,54H,20-24,26H2,1-2H3,(H,43,45)(H,44,49)(H,46,51)(H,47,50)(H,48,52)/t35?,36-,37+,38?/m0/s1. The molecular weight excluding hydrogens is 701 g/mol. The van der Waals surface area contributed by atoms with E-state index in [4.69, 9.17) is 17.4 Å². The molecule has 5 aromatic rings. The van der Waals surface area contributed by atoms with Crippen LogP contribution in [0.15, 0.2) is 116 Å². The smallest absolute Gasteiger partial charge is 0.408 e. The monoisotopic (exact) mass is 748 g/mol. The van der Waals surface area contributed by atoms with Crippen LogP contribution < -0.4 is 21.3 Å². The van der Waals surface area contributed by atoms with Crippen molar-refractivity contribution in [1.29, 1.82) is 0 Å². The molecule has 0 spiro atoms. The van der Waals surface area contributed by atoms with Crippen molar-refractivity contribution in [2.75, 3.05) is 0 Å². The number of carbonyl (C=O) groups is 4. The second-order valence-corrected chi connectivity index (χ2v) is 14.4. The Morgan fingerprint density at radius 2 is 1.41 bits per heavy atom. The van der Waals surface area contributed by atoms with E-state index in [9.17, 15) is 19.2 Å². The average Bonchev–Trinajstić information content (AvgIpc) is 3.69. The summed E-state index contributed by atoms with van der Waals surface area (Å²) in [6.07, 6.45) is 3.18. The van der Waals surface area contributed by atoms with E-state index >= 15 is 0 Å². The Hall–Kier alpha value is -5.62. The van der Waals surface area contributed by atoms with E-state index in [0.29, 0.717) is 18.7 Å². The number of aromatic amines is 1. The number of aromatic nitrogens is 2. The van der Waals surface area contributed by atoms with Gasteiger partial charge in [-0.3, -0.25) is 14.4 Å². The van der Waals surface area contributed by atoms with Crippen LogP contribution in [0.3, 0.4) is 0 Å². The summed E-state index contributed by atoms with van der Waals surface area (Å²) in [5.41, 5.74) is 3.24. The molecule has 0 aliphatic rings. The molecule has 282 valence electrons. The molecule has 4 atom stereocenters. The van der Waals surface area contributed by atoms with E-state index in [1.54, 1.807) is 6.20 Å². The van der Waals surface area contributed by atoms with Crippen LogP contribution in [0, 0.1) is 5.92 Å². The van der Waals surface area contributed by atoms with Gasteiger partial charge in [0.1, 0.15) is 18.7 Å². The van der Waals surface area contributed by atoms with Gasteiger partial charge in [-0.1, -0.05) is 117 Å². The molecule has 1 aromatic heterocycles. The van der Waals surface area contributed by atoms with Crippen LogP contribution in [0.25, 0.3) is 10.8 Å². The molecule has 4 amide bonds. The van der Waals surface area contributed by atoms with Gasteiger partial charge in [0.05, 0.1) is 6.33 Å². The first-order valence-electron chi connectivity index (χ1n) is 18.1. The summed E-state index contributed by atoms with van der Waals surface area (Å²) in [5.74, 6) is -1.04. The van der Waals surface area contributed by atoms with E-state index in [0.717, 1.165) is 27.5 Å². The van der Waals surface area contributed by atoms with Crippen LogP contribution in [-0.4, -0.2) is 57.2 Å². The number of ether oxygens (including phenoxy) is 1. The van der Waals surface area contributed by atoms with Crippen LogP contribution in [0.1, 0.15) is 49.1 Å². The summed E-state index contributed by atoms with van der Waals surface area (Å²) in [5, 5.41) is 13.1. The highest BCUT2D eigenvalue weighted by atomic mass is 32.1. The predicted molar refractivity (Wildman–Crippen MR) is 212 cm³/mol. The highest BCUT2D eigenvalue weighted by molar-refractivity contribution is 7.81. The minimum Gasteiger partial charge on any atom is -0.445 e. The first-order valence-corrected chi connectivity index (χ1v) is 18.7. The molecule has 54 heavy (non-hydrogen) atoms. The van der Waals surface area contributed by atoms with Crippen molar-refractivity contribution >= 4 is 47.2 Å². The number of alkyl carbamates (subject to hydrolysis) is 1. The van der Waals surface area contributed by atoms with Gasteiger partial charge in [0, 0.05) is 49.0 Å². The zero-order chi connectivity index (χ0) is 38.3. The summed E-state index contributed by atoms with van der Waals surface area (Å²) in [6.45, 7) is 4.46. The summed E-state index contributed by atoms with van der Waals surface area (Å²) in [4.78, 5) is 61.5. The molecule has 0 aliphatic heterocycles. The van der Waals surface area contributed by atoms with E-state index in [1.807, 2.05) is 117 Å². The van der Waals surface area contributed by atoms with Crippen LogP contribution >= 0.6 is 12.6 Å². The number of carbonyl (C=O) groups excluding carboxylic acids is 4. The van der Waals surface area contributed by atoms with Gasteiger partial charge in [-0.05, 0) is 39.8 Å². The second-order valence-electron chi connectivity index (χ2n) is 13.7. The Balaban J connectivity index is 1.32. The lowest BCUT2D eigenvalue weighted by molar-refractivity contribution is -0.130. The third-order valence-corrected chi connectivity index (χ3v) is 9.52. The number of benzene rings is 4. The maximum absolute atomic E-state index is 14.2. The molecule has 0 saturated heterocycles. The number of imidazole rings is 1. The SMILES string of the molecule is CC(C)CC(NC(=O)[C@@H](Cc1cnc[nH]1)NC(=O)[C@H](Cc1cccc2ccccc12)NC(=O)OCc1ccccc1)C(S)CC(=O)NCc1ccccc1. The third kappa shape index (κ3) is 12.2. The Morgan fingerprint density at radius 1 is 0.759 bits per heavy atom. The zero-order valence-electron chi connectivity index (χ0n) is 30.5. The molecule has 0 fully saturated rings. The van der Waals surface area contributed by atoms with Gasteiger partial charge in [0.25, 0.3) is 0 Å². The van der Waals surface area contributed by atoms with Crippen molar-refractivity contribution in [3.05, 3.63) is 138 Å². The number of nitrogens with one attached hydrogen (secondary N) is 5. The van der Waals surface area contributed by atoms with Gasteiger partial charge in [-0.25, -0.2) is 9.78 Å². The maximum Gasteiger partial charge on any atom is 0.408 e. The molecule has 4 aromatic carbocycles. The highest BCUT2D eigenvalue weighted by Crippen LogP contribution is 2.21. The molecular formula is C42H48N6O5S. The molecule has 2 unspecified atom stereocenters. The lowest BCUT2D eigenvalue weighted by Crippen LogP contribution is -2.57. The fraction of sp³-hybridized carbons (Fsp3) is 0.310. The van der Waals surface area contributed by atoms with Crippen molar-refractivity contribution in [3.8, 4) is 0 Å². The minimum absolute atomic E-state index is 0.0204. The molecule has 0 radical (unpaired) electrons. The Kier molecular flexibility index (Phi) is 14.7. The predicted octanol–water partition coefficient (Wildman–Crippen LogP) is 5.66. The van der Waals surface area contributed by atoms with Gasteiger partial charge < -0.3 is 31.0 Å². The molecule has 0 saturated carbocycles. The lowest BCUT2D eigenvalue weighted by atomic mass is 9.97. The maximum atomic E-state index is 14.2. The molecule has 0 bridgehead atoms. The van der Waals surface area contributed by atoms with Gasteiger partial charge in [0.15, 0.2) is 0 Å². The van der Waals surface area contributed by atoms with Gasteiger partial charge >= 0.3 is 6.09 Å². The van der Waals surface area contributed by atoms with Crippen LogP contribution in [-0.2, 0) is 45.1 Å². The molecule has 5 rings (SSSR count). The van der Waals surface area contributed by atoms with Gasteiger partial charge in [-0.15, -0.1) is 0 Å². The van der Waals surface area contributed by atoms with Crippen LogP contribution in [0.4, 0.5) is 4.79 Å². The Bertz CT molecular complexity index is 1950. The molecule has 5 N–H and O–H groups in total. The molecule has 11 nitrogen and oxygen atoms in total. The van der Waals surface area contributed by atoms with Crippen LogP contribution in [0.2, 0.25) is 0 Å². The van der Waals surface area contributed by atoms with Crippen molar-refractivity contribution in [2.24, 2.45) is 5.92 Å². The lowest BCUT2D eigenvalue weighted by Gasteiger charge is -2.29. The molecule has 1 heterocycles. The quantitative estimate of drug-likeness (QED) is 0.0636. The van der Waals surface area contributed by atoms with Crippen molar-refractivity contribution in [2.45, 2.75) is 76.1 Å². The fourth-order valence-electron chi connectivity index (χ4n) is 6.21. The third-order valence-electron chi connectivity index (χ3n) is 8.98. The van der Waals surface area contributed by atoms with Crippen molar-refractivity contribution in [3.63, 3.8) is 0 Å². The second kappa shape index (κ2) is 20.0. The normalized spacial score (nSPS) is 13.3. The highest BCUT2D eigenvalue weighted by Gasteiger charge is 2.31. The number of hydrogen-bond donors (Lipinski definition) is 6. The van der Waals surface area contributed by atoms with Crippen molar-refractivity contribution < 1.29 is 23.9 Å². The van der Waals surface area contributed by atoms with E-state index in [1.165, 1.54) is 6.33 Å². The summed E-state index contributed by atoms with van der Waals surface area (Å²) >= 11 is 4.78. The fourth-order valence-corrected chi connectivity index (χ4v) is 6.57. The first-order chi connectivity index (χ1) is 26.1. The Labute approximate surface area is 321 Å². The van der Waals surface area contributed by atoms with E-state index in [-0.39, 0.29) is 37.7 Å². The number of amides is 4. The number of hydrogen-bond acceptors (Lipinski definition) is 7. The number of fused-ring (bicyclic) bond motifs is 1. The largest absolute Gasteiger partial charge is 0.445 e. The van der Waals surface area contributed by atoms with Crippen LogP contribution in [0.5, 0.6) is 0 Å². The van der Waals surface area contributed by atoms with Crippen molar-refractivity contribution in [1.82, 2.24) is 31.2 Å². The Morgan fingerprint density at radius 3 is 2.11 bits per heavy atom. The number of nitrogens with zero attached hydrogens (tertiary/aromatic N) is 1. The number of H-pyrrole nitrogens is 1. The van der Waals surface area contributed by atoms with Gasteiger partial charge in [-0.2, -0.15) is 12.6 Å². The number of thiol groups is 1. The van der Waals surface area contributed by atoms with E-state index < -0.39 is 41.3 Å². The topological polar surface area (TPSA) is 154 Å². The van der Waals surface area contributed by atoms with E-state index in [2.05, 4.69) is 31.2 Å². The summed E-state index contributed by atoms with van der Waals surface area (Å²) in [6, 6.07) is 29.8. The average molecular weight is 749 g/mol. The molecule has 0 aliphatic carbocycles.